The third-order valence-corrected chi connectivity index (χ3v) is 6.51. The number of carbonyl (C=O) groups is 1. The van der Waals surface area contributed by atoms with E-state index >= 15 is 0 Å². The zero-order valence-electron chi connectivity index (χ0n) is 17.6. The summed E-state index contributed by atoms with van der Waals surface area (Å²) in [4.78, 5) is 15.6. The fourth-order valence-corrected chi connectivity index (χ4v) is 4.56. The normalized spacial score (nSPS) is 18.8. The number of piperidine rings is 1. The van der Waals surface area contributed by atoms with E-state index < -0.39 is 0 Å². The predicted molar refractivity (Wildman–Crippen MR) is 114 cm³/mol. The fraction of sp³-hybridized carbons (Fsp3) is 0.625. The molecule has 1 aromatic rings. The van der Waals surface area contributed by atoms with Crippen molar-refractivity contribution in [1.29, 1.82) is 0 Å². The summed E-state index contributed by atoms with van der Waals surface area (Å²) in [5, 5.41) is 3.25. The lowest BCUT2D eigenvalue weighted by Crippen LogP contribution is -2.41. The highest BCUT2D eigenvalue weighted by atomic mass is 16.1. The molecule has 0 atom stereocenters. The van der Waals surface area contributed by atoms with Crippen LogP contribution >= 0.6 is 0 Å². The second-order valence-electron chi connectivity index (χ2n) is 8.77. The molecule has 2 aliphatic rings. The maximum atomic E-state index is 13.0. The van der Waals surface area contributed by atoms with Crippen LogP contribution in [0, 0.1) is 5.92 Å². The van der Waals surface area contributed by atoms with Crippen molar-refractivity contribution in [2.24, 2.45) is 5.92 Å². The Bertz CT molecular complexity index is 679. The summed E-state index contributed by atoms with van der Waals surface area (Å²) in [6.45, 7) is 12.3. The van der Waals surface area contributed by atoms with Gasteiger partial charge in [0, 0.05) is 17.0 Å². The standard InChI is InChI=1S/C24H36N2O/c1-5-19(6-2)25-23(27)21-17-24(22-10-8-7-9-20(21)22)12-15-26(16-13-24)14-11-18(3)4/h7-10,17-19H,5-6,11-16H2,1-4H3,(H,25,27). The lowest BCUT2D eigenvalue weighted by Gasteiger charge is -2.39. The van der Waals surface area contributed by atoms with Gasteiger partial charge < -0.3 is 10.2 Å². The van der Waals surface area contributed by atoms with Crippen LogP contribution in [0.15, 0.2) is 30.3 Å². The molecule has 1 saturated heterocycles. The number of nitrogens with one attached hydrogen (secondary N) is 1. The molecule has 1 spiro atoms. The van der Waals surface area contributed by atoms with Gasteiger partial charge in [0.2, 0.25) is 0 Å². The Morgan fingerprint density at radius 2 is 1.81 bits per heavy atom. The first-order valence-corrected chi connectivity index (χ1v) is 10.8. The number of likely N-dealkylation sites (tertiary alicyclic amines) is 1. The number of benzene rings is 1. The second kappa shape index (κ2) is 8.60. The van der Waals surface area contributed by atoms with Gasteiger partial charge >= 0.3 is 0 Å². The zero-order valence-corrected chi connectivity index (χ0v) is 17.6. The first-order valence-electron chi connectivity index (χ1n) is 10.8. The third-order valence-electron chi connectivity index (χ3n) is 6.51. The quantitative estimate of drug-likeness (QED) is 0.752. The van der Waals surface area contributed by atoms with Crippen molar-refractivity contribution in [3.8, 4) is 0 Å². The minimum atomic E-state index is 0.0471. The summed E-state index contributed by atoms with van der Waals surface area (Å²) in [6, 6.07) is 8.83. The third kappa shape index (κ3) is 4.29. The van der Waals surface area contributed by atoms with Gasteiger partial charge in [-0.3, -0.25) is 4.79 Å². The summed E-state index contributed by atoms with van der Waals surface area (Å²) < 4.78 is 0. The zero-order chi connectivity index (χ0) is 19.4. The van der Waals surface area contributed by atoms with Gasteiger partial charge in [0.15, 0.2) is 0 Å². The molecular formula is C24H36N2O. The average molecular weight is 369 g/mol. The van der Waals surface area contributed by atoms with E-state index in [1.165, 1.54) is 18.5 Å². The topological polar surface area (TPSA) is 32.3 Å². The maximum absolute atomic E-state index is 13.0. The molecule has 3 nitrogen and oxygen atoms in total. The number of fused-ring (bicyclic) bond motifs is 2. The van der Waals surface area contributed by atoms with Crippen LogP contribution in [-0.2, 0) is 10.2 Å². The Morgan fingerprint density at radius 1 is 1.15 bits per heavy atom. The van der Waals surface area contributed by atoms with Crippen LogP contribution in [-0.4, -0.2) is 36.5 Å². The highest BCUT2D eigenvalue weighted by Crippen LogP contribution is 2.47. The molecule has 0 unspecified atom stereocenters. The summed E-state index contributed by atoms with van der Waals surface area (Å²) in [5.74, 6) is 0.864. The van der Waals surface area contributed by atoms with Gasteiger partial charge in [-0.25, -0.2) is 0 Å². The van der Waals surface area contributed by atoms with E-state index in [9.17, 15) is 4.79 Å². The van der Waals surface area contributed by atoms with Gasteiger partial charge in [-0.2, -0.15) is 0 Å². The van der Waals surface area contributed by atoms with Crippen molar-refractivity contribution in [2.45, 2.75) is 71.3 Å². The minimum Gasteiger partial charge on any atom is -0.349 e. The van der Waals surface area contributed by atoms with Crippen LogP contribution in [0.3, 0.4) is 0 Å². The molecule has 1 amide bonds. The molecule has 0 radical (unpaired) electrons. The van der Waals surface area contributed by atoms with E-state index in [0.717, 1.165) is 55.8 Å². The predicted octanol–water partition coefficient (Wildman–Crippen LogP) is 4.77. The van der Waals surface area contributed by atoms with Gasteiger partial charge in [0.1, 0.15) is 0 Å². The first-order chi connectivity index (χ1) is 13.0. The Kier molecular flexibility index (Phi) is 6.41. The molecule has 0 saturated carbocycles. The van der Waals surface area contributed by atoms with Crippen molar-refractivity contribution in [1.82, 2.24) is 10.2 Å². The van der Waals surface area contributed by atoms with Crippen LogP contribution < -0.4 is 5.32 Å². The minimum absolute atomic E-state index is 0.0471. The maximum Gasteiger partial charge on any atom is 0.251 e. The monoisotopic (exact) mass is 368 g/mol. The number of hydrogen-bond acceptors (Lipinski definition) is 2. The highest BCUT2D eigenvalue weighted by Gasteiger charge is 2.41. The van der Waals surface area contributed by atoms with Gasteiger partial charge in [-0.1, -0.05) is 58.0 Å². The van der Waals surface area contributed by atoms with Crippen LogP contribution in [0.5, 0.6) is 0 Å². The number of amides is 1. The van der Waals surface area contributed by atoms with E-state index in [4.69, 9.17) is 0 Å². The van der Waals surface area contributed by atoms with E-state index in [1.807, 2.05) is 0 Å². The van der Waals surface area contributed by atoms with Crippen LogP contribution in [0.25, 0.3) is 5.57 Å². The molecule has 1 fully saturated rings. The fourth-order valence-electron chi connectivity index (χ4n) is 4.56. The molecule has 1 aliphatic heterocycles. The molecule has 3 rings (SSSR count). The van der Waals surface area contributed by atoms with Crippen molar-refractivity contribution in [3.63, 3.8) is 0 Å². The van der Waals surface area contributed by atoms with Crippen molar-refractivity contribution >= 4 is 11.5 Å². The summed E-state index contributed by atoms with van der Waals surface area (Å²) >= 11 is 0. The van der Waals surface area contributed by atoms with Crippen LogP contribution in [0.1, 0.15) is 70.9 Å². The molecular weight excluding hydrogens is 332 g/mol. The van der Waals surface area contributed by atoms with Crippen molar-refractivity contribution in [3.05, 3.63) is 41.5 Å². The average Bonchev–Trinajstić information content (AvgIpc) is 3.00. The molecule has 1 aromatic carbocycles. The summed E-state index contributed by atoms with van der Waals surface area (Å²) in [6.07, 6.45) is 7.76. The lowest BCUT2D eigenvalue weighted by molar-refractivity contribution is -0.116. The molecule has 0 aromatic heterocycles. The van der Waals surface area contributed by atoms with Crippen LogP contribution in [0.2, 0.25) is 0 Å². The molecule has 1 heterocycles. The summed E-state index contributed by atoms with van der Waals surface area (Å²) in [5.41, 5.74) is 3.46. The van der Waals surface area contributed by atoms with Gasteiger partial charge in [-0.15, -0.1) is 0 Å². The number of allylic oxidation sites excluding steroid dienone is 1. The SMILES string of the molecule is CCC(CC)NC(=O)C1=CC2(CCN(CCC(C)C)CC2)c2ccccc21. The molecule has 3 heteroatoms. The smallest absolute Gasteiger partial charge is 0.251 e. The first kappa shape index (κ1) is 20.1. The number of nitrogens with zero attached hydrogens (tertiary/aromatic N) is 1. The number of hydrogen-bond donors (Lipinski definition) is 1. The van der Waals surface area contributed by atoms with E-state index in [1.54, 1.807) is 0 Å². The largest absolute Gasteiger partial charge is 0.349 e. The Labute approximate surface area is 165 Å². The van der Waals surface area contributed by atoms with Gasteiger partial charge in [-0.05, 0) is 68.8 Å². The lowest BCUT2D eigenvalue weighted by atomic mass is 9.74. The van der Waals surface area contributed by atoms with Gasteiger partial charge in [0.25, 0.3) is 5.91 Å². The molecule has 27 heavy (non-hydrogen) atoms. The molecule has 1 N–H and O–H groups in total. The van der Waals surface area contributed by atoms with Crippen molar-refractivity contribution < 1.29 is 4.79 Å². The molecule has 148 valence electrons. The van der Waals surface area contributed by atoms with E-state index in [0.29, 0.717) is 0 Å². The Balaban J connectivity index is 1.78. The number of rotatable bonds is 7. The van der Waals surface area contributed by atoms with Crippen LogP contribution in [0.4, 0.5) is 0 Å². The number of carbonyl (C=O) groups excluding carboxylic acids is 1. The molecule has 1 aliphatic carbocycles. The van der Waals surface area contributed by atoms with Gasteiger partial charge in [0.05, 0.1) is 0 Å². The van der Waals surface area contributed by atoms with Crippen molar-refractivity contribution in [2.75, 3.05) is 19.6 Å². The van der Waals surface area contributed by atoms with E-state index in [-0.39, 0.29) is 17.4 Å². The summed E-state index contributed by atoms with van der Waals surface area (Å²) in [7, 11) is 0. The Hall–Kier alpha value is -1.61. The second-order valence-corrected chi connectivity index (χ2v) is 8.77. The van der Waals surface area contributed by atoms with E-state index in [2.05, 4.69) is 68.3 Å². The Morgan fingerprint density at radius 3 is 2.44 bits per heavy atom. The molecule has 0 bridgehead atoms. The highest BCUT2D eigenvalue weighted by molar-refractivity contribution is 6.21.